The zero-order chi connectivity index (χ0) is 18.4. The number of carbonyl (C=O) groups is 2. The lowest BCUT2D eigenvalue weighted by atomic mass is 10.1. The molecule has 0 unspecified atom stereocenters. The first kappa shape index (κ1) is 19.2. The van der Waals surface area contributed by atoms with Gasteiger partial charge >= 0.3 is 6.18 Å². The second kappa shape index (κ2) is 8.30. The maximum atomic E-state index is 12.7. The van der Waals surface area contributed by atoms with E-state index in [0.29, 0.717) is 19.7 Å². The van der Waals surface area contributed by atoms with Crippen molar-refractivity contribution in [1.29, 1.82) is 0 Å². The molecular weight excluding hydrogens is 339 g/mol. The fourth-order valence-corrected chi connectivity index (χ4v) is 2.55. The molecule has 9 heteroatoms. The minimum Gasteiger partial charge on any atom is -0.375 e. The Morgan fingerprint density at radius 2 is 2.08 bits per heavy atom. The van der Waals surface area contributed by atoms with Crippen molar-refractivity contribution in [2.45, 2.75) is 25.2 Å². The Morgan fingerprint density at radius 3 is 2.76 bits per heavy atom. The number of halogens is 3. The van der Waals surface area contributed by atoms with Gasteiger partial charge in [-0.05, 0) is 25.1 Å². The summed E-state index contributed by atoms with van der Waals surface area (Å²) < 4.78 is 43.5. The number of amides is 2. The van der Waals surface area contributed by atoms with Gasteiger partial charge in [0.25, 0.3) is 5.91 Å². The fraction of sp³-hybridized carbons (Fsp3) is 0.500. The Hall–Kier alpha value is -2.13. The molecule has 2 rings (SSSR count). The van der Waals surface area contributed by atoms with E-state index >= 15 is 0 Å². The van der Waals surface area contributed by atoms with Gasteiger partial charge in [-0.25, -0.2) is 0 Å². The van der Waals surface area contributed by atoms with Crippen LogP contribution in [0.25, 0.3) is 0 Å². The van der Waals surface area contributed by atoms with E-state index in [1.54, 1.807) is 0 Å². The number of ether oxygens (including phenoxy) is 1. The molecule has 2 atom stereocenters. The number of alkyl halides is 3. The third kappa shape index (κ3) is 5.43. The lowest BCUT2D eigenvalue weighted by Crippen LogP contribution is -2.47. The summed E-state index contributed by atoms with van der Waals surface area (Å²) in [5.41, 5.74) is -1.07. The quantitative estimate of drug-likeness (QED) is 0.706. The summed E-state index contributed by atoms with van der Waals surface area (Å²) in [5.74, 6) is -1.18. The Balaban J connectivity index is 1.86. The molecule has 0 spiro atoms. The van der Waals surface area contributed by atoms with Gasteiger partial charge in [0.1, 0.15) is 0 Å². The average Bonchev–Trinajstić information content (AvgIpc) is 2.99. The van der Waals surface area contributed by atoms with Crippen LogP contribution in [-0.2, 0) is 15.7 Å². The van der Waals surface area contributed by atoms with E-state index in [1.165, 1.54) is 6.07 Å². The van der Waals surface area contributed by atoms with Crippen molar-refractivity contribution in [3.05, 3.63) is 35.4 Å². The SMILES string of the molecule is CCO[C@H]1CNC[C@@H]1NC(=O)CNC(=O)c1cccc(C(F)(F)F)c1. The molecule has 0 radical (unpaired) electrons. The van der Waals surface area contributed by atoms with Gasteiger partial charge in [0, 0.05) is 25.3 Å². The van der Waals surface area contributed by atoms with Crippen molar-refractivity contribution in [2.75, 3.05) is 26.2 Å². The molecule has 138 valence electrons. The fourth-order valence-electron chi connectivity index (χ4n) is 2.55. The molecule has 0 aromatic heterocycles. The third-order valence-corrected chi connectivity index (χ3v) is 3.75. The van der Waals surface area contributed by atoms with Gasteiger partial charge in [-0.3, -0.25) is 9.59 Å². The molecule has 25 heavy (non-hydrogen) atoms. The number of nitrogens with one attached hydrogen (secondary N) is 3. The smallest absolute Gasteiger partial charge is 0.375 e. The Kier molecular flexibility index (Phi) is 6.38. The molecular formula is C16H20F3N3O3. The summed E-state index contributed by atoms with van der Waals surface area (Å²) in [6.07, 6.45) is -4.68. The summed E-state index contributed by atoms with van der Waals surface area (Å²) in [4.78, 5) is 23.9. The standard InChI is InChI=1S/C16H20F3N3O3/c1-2-25-13-8-20-7-12(13)22-14(23)9-21-15(24)10-4-3-5-11(6-10)16(17,18)19/h3-6,12-13,20H,2,7-9H2,1H3,(H,21,24)(H,22,23)/t12-,13-/m0/s1. The van der Waals surface area contributed by atoms with Crippen molar-refractivity contribution >= 4 is 11.8 Å². The van der Waals surface area contributed by atoms with Crippen molar-refractivity contribution in [1.82, 2.24) is 16.0 Å². The molecule has 1 fully saturated rings. The summed E-state index contributed by atoms with van der Waals surface area (Å²) in [6.45, 7) is 3.22. The van der Waals surface area contributed by atoms with Crippen LogP contribution in [0.15, 0.2) is 24.3 Å². The minimum absolute atomic E-state index is 0.145. The molecule has 1 aliphatic heterocycles. The maximum Gasteiger partial charge on any atom is 0.416 e. The number of benzene rings is 1. The lowest BCUT2D eigenvalue weighted by Gasteiger charge is -2.20. The number of carbonyl (C=O) groups excluding carboxylic acids is 2. The van der Waals surface area contributed by atoms with Crippen LogP contribution >= 0.6 is 0 Å². The van der Waals surface area contributed by atoms with E-state index < -0.39 is 23.6 Å². The van der Waals surface area contributed by atoms with Crippen LogP contribution in [0.5, 0.6) is 0 Å². The summed E-state index contributed by atoms with van der Waals surface area (Å²) >= 11 is 0. The van der Waals surface area contributed by atoms with Gasteiger partial charge in [0.2, 0.25) is 5.91 Å². The normalized spacial score (nSPS) is 20.3. The van der Waals surface area contributed by atoms with E-state index in [-0.39, 0.29) is 24.3 Å². The van der Waals surface area contributed by atoms with Gasteiger partial charge in [-0.1, -0.05) is 6.07 Å². The summed E-state index contributed by atoms with van der Waals surface area (Å²) in [5, 5.41) is 8.14. The van der Waals surface area contributed by atoms with Crippen LogP contribution in [0.4, 0.5) is 13.2 Å². The highest BCUT2D eigenvalue weighted by Gasteiger charge is 2.31. The molecule has 1 aromatic carbocycles. The molecule has 1 aliphatic rings. The van der Waals surface area contributed by atoms with E-state index in [1.807, 2.05) is 6.92 Å². The lowest BCUT2D eigenvalue weighted by molar-refractivity contribution is -0.137. The van der Waals surface area contributed by atoms with E-state index in [0.717, 1.165) is 18.2 Å². The molecule has 0 aliphatic carbocycles. The molecule has 0 saturated carbocycles. The number of hydrogen-bond acceptors (Lipinski definition) is 4. The first-order valence-corrected chi connectivity index (χ1v) is 7.88. The first-order chi connectivity index (χ1) is 11.8. The van der Waals surface area contributed by atoms with E-state index in [2.05, 4.69) is 16.0 Å². The zero-order valence-electron chi connectivity index (χ0n) is 13.7. The molecule has 0 bridgehead atoms. The Labute approximate surface area is 143 Å². The molecule has 1 aromatic rings. The van der Waals surface area contributed by atoms with Gasteiger partial charge in [0.05, 0.1) is 24.3 Å². The average molecular weight is 359 g/mol. The minimum atomic E-state index is -4.53. The van der Waals surface area contributed by atoms with Crippen LogP contribution in [0.2, 0.25) is 0 Å². The monoisotopic (exact) mass is 359 g/mol. The molecule has 1 heterocycles. The molecule has 1 saturated heterocycles. The van der Waals surface area contributed by atoms with Crippen LogP contribution in [0.1, 0.15) is 22.8 Å². The Morgan fingerprint density at radius 1 is 1.32 bits per heavy atom. The number of hydrogen-bond donors (Lipinski definition) is 3. The first-order valence-electron chi connectivity index (χ1n) is 7.88. The van der Waals surface area contributed by atoms with Crippen LogP contribution < -0.4 is 16.0 Å². The summed E-state index contributed by atoms with van der Waals surface area (Å²) in [6, 6.07) is 3.82. The predicted octanol–water partition coefficient (Wildman–Crippen LogP) is 0.928. The predicted molar refractivity (Wildman–Crippen MR) is 84.0 cm³/mol. The van der Waals surface area contributed by atoms with Gasteiger partial charge in [-0.2, -0.15) is 13.2 Å². The van der Waals surface area contributed by atoms with Crippen molar-refractivity contribution in [3.8, 4) is 0 Å². The van der Waals surface area contributed by atoms with Crippen molar-refractivity contribution < 1.29 is 27.5 Å². The van der Waals surface area contributed by atoms with Crippen LogP contribution in [0, 0.1) is 0 Å². The van der Waals surface area contributed by atoms with E-state index in [9.17, 15) is 22.8 Å². The molecule has 6 nitrogen and oxygen atoms in total. The largest absolute Gasteiger partial charge is 0.416 e. The van der Waals surface area contributed by atoms with Crippen LogP contribution in [0.3, 0.4) is 0 Å². The Bertz CT molecular complexity index is 622. The second-order valence-corrected chi connectivity index (χ2v) is 5.59. The van der Waals surface area contributed by atoms with E-state index in [4.69, 9.17) is 4.74 Å². The third-order valence-electron chi connectivity index (χ3n) is 3.75. The molecule has 3 N–H and O–H groups in total. The zero-order valence-corrected chi connectivity index (χ0v) is 13.7. The topological polar surface area (TPSA) is 79.5 Å². The second-order valence-electron chi connectivity index (χ2n) is 5.59. The highest BCUT2D eigenvalue weighted by atomic mass is 19.4. The van der Waals surface area contributed by atoms with Crippen molar-refractivity contribution in [3.63, 3.8) is 0 Å². The molecule has 2 amide bonds. The summed E-state index contributed by atoms with van der Waals surface area (Å²) in [7, 11) is 0. The highest BCUT2D eigenvalue weighted by Crippen LogP contribution is 2.29. The van der Waals surface area contributed by atoms with Gasteiger partial charge in [-0.15, -0.1) is 0 Å². The van der Waals surface area contributed by atoms with Gasteiger partial charge < -0.3 is 20.7 Å². The highest BCUT2D eigenvalue weighted by molar-refractivity contribution is 5.96. The maximum absolute atomic E-state index is 12.7. The van der Waals surface area contributed by atoms with Crippen molar-refractivity contribution in [2.24, 2.45) is 0 Å². The number of rotatable bonds is 6. The van der Waals surface area contributed by atoms with Crippen LogP contribution in [-0.4, -0.2) is 50.2 Å². The van der Waals surface area contributed by atoms with Gasteiger partial charge in [0.15, 0.2) is 0 Å².